The number of ether oxygens (including phenoxy) is 2. The van der Waals surface area contributed by atoms with Crippen LogP contribution in [0.15, 0.2) is 48.0 Å². The SMILES string of the molecule is C=CC(CCOCCOc1ccccc1)=NCC. The van der Waals surface area contributed by atoms with Crippen molar-refractivity contribution < 1.29 is 9.47 Å². The first-order chi connectivity index (χ1) is 8.86. The summed E-state index contributed by atoms with van der Waals surface area (Å²) in [6, 6.07) is 9.74. The van der Waals surface area contributed by atoms with Crippen LogP contribution in [0.4, 0.5) is 0 Å². The first-order valence-electron chi connectivity index (χ1n) is 6.28. The third-order valence-corrected chi connectivity index (χ3v) is 2.34. The zero-order valence-electron chi connectivity index (χ0n) is 11.0. The molecule has 0 aliphatic heterocycles. The minimum atomic E-state index is 0.568. The Morgan fingerprint density at radius 1 is 1.22 bits per heavy atom. The zero-order chi connectivity index (χ0) is 13.1. The summed E-state index contributed by atoms with van der Waals surface area (Å²) in [5, 5.41) is 0. The van der Waals surface area contributed by atoms with Crippen molar-refractivity contribution in [3.63, 3.8) is 0 Å². The van der Waals surface area contributed by atoms with E-state index in [0.29, 0.717) is 19.8 Å². The predicted octanol–water partition coefficient (Wildman–Crippen LogP) is 3.12. The molecule has 3 heteroatoms. The Morgan fingerprint density at radius 2 is 2.00 bits per heavy atom. The number of para-hydroxylation sites is 1. The van der Waals surface area contributed by atoms with Crippen LogP contribution in [-0.2, 0) is 4.74 Å². The van der Waals surface area contributed by atoms with Crippen LogP contribution in [0.25, 0.3) is 0 Å². The van der Waals surface area contributed by atoms with Crippen LogP contribution >= 0.6 is 0 Å². The molecule has 1 aromatic carbocycles. The second-order valence-electron chi connectivity index (χ2n) is 3.69. The lowest BCUT2D eigenvalue weighted by molar-refractivity contribution is 0.105. The summed E-state index contributed by atoms with van der Waals surface area (Å²) >= 11 is 0. The molecule has 0 aromatic heterocycles. The fourth-order valence-electron chi connectivity index (χ4n) is 1.46. The Bertz CT molecular complexity index is 360. The minimum absolute atomic E-state index is 0.568. The Labute approximate surface area is 109 Å². The summed E-state index contributed by atoms with van der Waals surface area (Å²) in [5.41, 5.74) is 1.00. The average Bonchev–Trinajstić information content (AvgIpc) is 2.42. The number of rotatable bonds is 9. The van der Waals surface area contributed by atoms with E-state index in [0.717, 1.165) is 24.4 Å². The molecule has 0 radical (unpaired) electrons. The molecule has 98 valence electrons. The Morgan fingerprint density at radius 3 is 2.67 bits per heavy atom. The maximum atomic E-state index is 5.51. The van der Waals surface area contributed by atoms with E-state index in [9.17, 15) is 0 Å². The molecule has 0 atom stereocenters. The third-order valence-electron chi connectivity index (χ3n) is 2.34. The predicted molar refractivity (Wildman–Crippen MR) is 75.5 cm³/mol. The molecular weight excluding hydrogens is 226 g/mol. The standard InChI is InChI=1S/C15H21NO2/c1-3-14(16-4-2)10-11-17-12-13-18-15-8-6-5-7-9-15/h3,5-9H,1,4,10-13H2,2H3. The highest BCUT2D eigenvalue weighted by molar-refractivity contribution is 5.94. The second-order valence-corrected chi connectivity index (χ2v) is 3.69. The fourth-order valence-corrected chi connectivity index (χ4v) is 1.46. The zero-order valence-corrected chi connectivity index (χ0v) is 11.0. The lowest BCUT2D eigenvalue weighted by Crippen LogP contribution is -2.09. The quantitative estimate of drug-likeness (QED) is 0.496. The van der Waals surface area contributed by atoms with Crippen molar-refractivity contribution in [2.45, 2.75) is 13.3 Å². The van der Waals surface area contributed by atoms with Crippen LogP contribution in [-0.4, -0.2) is 32.1 Å². The smallest absolute Gasteiger partial charge is 0.119 e. The number of allylic oxidation sites excluding steroid dienone is 1. The van der Waals surface area contributed by atoms with Gasteiger partial charge in [0.2, 0.25) is 0 Å². The largest absolute Gasteiger partial charge is 0.491 e. The van der Waals surface area contributed by atoms with E-state index in [2.05, 4.69) is 11.6 Å². The second kappa shape index (κ2) is 9.42. The third kappa shape index (κ3) is 6.21. The van der Waals surface area contributed by atoms with E-state index in [-0.39, 0.29) is 0 Å². The van der Waals surface area contributed by atoms with Crippen molar-refractivity contribution in [2.24, 2.45) is 4.99 Å². The molecule has 0 heterocycles. The van der Waals surface area contributed by atoms with Gasteiger partial charge in [-0.2, -0.15) is 0 Å². The van der Waals surface area contributed by atoms with Crippen LogP contribution in [0.1, 0.15) is 13.3 Å². The minimum Gasteiger partial charge on any atom is -0.491 e. The number of aliphatic imine (C=N–C) groups is 1. The van der Waals surface area contributed by atoms with Gasteiger partial charge in [0, 0.05) is 18.7 Å². The average molecular weight is 247 g/mol. The van der Waals surface area contributed by atoms with Gasteiger partial charge >= 0.3 is 0 Å². The highest BCUT2D eigenvalue weighted by atomic mass is 16.5. The van der Waals surface area contributed by atoms with E-state index >= 15 is 0 Å². The highest BCUT2D eigenvalue weighted by Crippen LogP contribution is 2.07. The molecular formula is C15H21NO2. The maximum Gasteiger partial charge on any atom is 0.119 e. The summed E-state index contributed by atoms with van der Waals surface area (Å²) in [6.45, 7) is 8.34. The van der Waals surface area contributed by atoms with Gasteiger partial charge in [-0.3, -0.25) is 4.99 Å². The lowest BCUT2D eigenvalue weighted by atomic mass is 10.3. The monoisotopic (exact) mass is 247 g/mol. The molecule has 1 aromatic rings. The van der Waals surface area contributed by atoms with Crippen molar-refractivity contribution in [1.29, 1.82) is 0 Å². The lowest BCUT2D eigenvalue weighted by Gasteiger charge is -2.07. The Hall–Kier alpha value is -1.61. The molecule has 0 amide bonds. The van der Waals surface area contributed by atoms with Crippen LogP contribution in [0, 0.1) is 0 Å². The fraction of sp³-hybridized carbons (Fsp3) is 0.400. The molecule has 18 heavy (non-hydrogen) atoms. The van der Waals surface area contributed by atoms with Gasteiger partial charge in [0.05, 0.1) is 13.2 Å². The molecule has 0 aliphatic rings. The molecule has 0 bridgehead atoms. The summed E-state index contributed by atoms with van der Waals surface area (Å²) in [6.07, 6.45) is 2.59. The van der Waals surface area contributed by atoms with Crippen molar-refractivity contribution in [3.05, 3.63) is 43.0 Å². The van der Waals surface area contributed by atoms with Gasteiger partial charge in [-0.05, 0) is 25.1 Å². The van der Waals surface area contributed by atoms with Gasteiger partial charge in [0.15, 0.2) is 0 Å². The van der Waals surface area contributed by atoms with Gasteiger partial charge in [0.1, 0.15) is 12.4 Å². The van der Waals surface area contributed by atoms with Crippen LogP contribution in [0.3, 0.4) is 0 Å². The van der Waals surface area contributed by atoms with Gasteiger partial charge in [-0.15, -0.1) is 0 Å². The number of benzene rings is 1. The molecule has 0 N–H and O–H groups in total. The summed E-state index contributed by atoms with van der Waals surface area (Å²) < 4.78 is 11.0. The molecule has 1 rings (SSSR count). The molecule has 3 nitrogen and oxygen atoms in total. The van der Waals surface area contributed by atoms with Gasteiger partial charge < -0.3 is 9.47 Å². The van der Waals surface area contributed by atoms with Gasteiger partial charge in [-0.25, -0.2) is 0 Å². The highest BCUT2D eigenvalue weighted by Gasteiger charge is 1.95. The van der Waals surface area contributed by atoms with E-state index < -0.39 is 0 Å². The first kappa shape index (κ1) is 14.5. The Balaban J connectivity index is 2.05. The number of hydrogen-bond acceptors (Lipinski definition) is 3. The topological polar surface area (TPSA) is 30.8 Å². The number of hydrogen-bond donors (Lipinski definition) is 0. The maximum absolute atomic E-state index is 5.51. The van der Waals surface area contributed by atoms with Crippen LogP contribution in [0.5, 0.6) is 5.75 Å². The molecule has 0 unspecified atom stereocenters. The summed E-state index contributed by atoms with van der Waals surface area (Å²) in [5.74, 6) is 0.875. The van der Waals surface area contributed by atoms with Crippen molar-refractivity contribution in [2.75, 3.05) is 26.4 Å². The van der Waals surface area contributed by atoms with E-state index in [4.69, 9.17) is 9.47 Å². The Kier molecular flexibility index (Phi) is 7.57. The molecule has 0 aliphatic carbocycles. The molecule has 0 spiro atoms. The molecule has 0 fully saturated rings. The van der Waals surface area contributed by atoms with Gasteiger partial charge in [0.25, 0.3) is 0 Å². The van der Waals surface area contributed by atoms with E-state index in [1.165, 1.54) is 0 Å². The van der Waals surface area contributed by atoms with Gasteiger partial charge in [-0.1, -0.05) is 24.8 Å². The summed E-state index contributed by atoms with van der Waals surface area (Å²) in [4.78, 5) is 4.30. The first-order valence-corrected chi connectivity index (χ1v) is 6.28. The normalized spacial score (nSPS) is 11.3. The van der Waals surface area contributed by atoms with Crippen molar-refractivity contribution in [3.8, 4) is 5.75 Å². The molecule has 0 saturated carbocycles. The van der Waals surface area contributed by atoms with Crippen LogP contribution in [0.2, 0.25) is 0 Å². The van der Waals surface area contributed by atoms with E-state index in [1.54, 1.807) is 6.08 Å². The van der Waals surface area contributed by atoms with Crippen molar-refractivity contribution in [1.82, 2.24) is 0 Å². The molecule has 0 saturated heterocycles. The summed E-state index contributed by atoms with van der Waals surface area (Å²) in [7, 11) is 0. The van der Waals surface area contributed by atoms with Crippen molar-refractivity contribution >= 4 is 5.71 Å². The number of nitrogens with zero attached hydrogens (tertiary/aromatic N) is 1. The van der Waals surface area contributed by atoms with E-state index in [1.807, 2.05) is 37.3 Å². The van der Waals surface area contributed by atoms with Crippen LogP contribution < -0.4 is 4.74 Å².